The van der Waals surface area contributed by atoms with Crippen LogP contribution in [0.1, 0.15) is 32.6 Å². The van der Waals surface area contributed by atoms with Crippen LogP contribution in [0, 0.1) is 29.1 Å². The van der Waals surface area contributed by atoms with E-state index in [2.05, 4.69) is 6.92 Å². The molecule has 0 bridgehead atoms. The topological polar surface area (TPSA) is 55.8 Å². The van der Waals surface area contributed by atoms with Gasteiger partial charge in [0.1, 0.15) is 0 Å². The first-order chi connectivity index (χ1) is 9.07. The lowest BCUT2D eigenvalue weighted by Gasteiger charge is -2.64. The molecule has 3 rings (SSSR count). The molecule has 1 N–H and O–H groups in total. The number of aliphatic hydroxyl groups is 1. The molecule has 0 aliphatic heterocycles. The summed E-state index contributed by atoms with van der Waals surface area (Å²) in [7, 11) is 3.16. The Hall–Kier alpha value is -0.610. The zero-order valence-corrected chi connectivity index (χ0v) is 12.0. The quantitative estimate of drug-likeness (QED) is 0.773. The normalized spacial score (nSPS) is 52.0. The molecule has 0 amide bonds. The van der Waals surface area contributed by atoms with E-state index < -0.39 is 0 Å². The smallest absolute Gasteiger partial charge is 0.309 e. The van der Waals surface area contributed by atoms with Crippen molar-refractivity contribution in [2.45, 2.75) is 44.8 Å². The third kappa shape index (κ3) is 1.50. The lowest BCUT2D eigenvalue weighted by atomic mass is 9.40. The highest BCUT2D eigenvalue weighted by Crippen LogP contribution is 2.72. The molecule has 0 heterocycles. The first-order valence-electron chi connectivity index (χ1n) is 7.36. The van der Waals surface area contributed by atoms with Crippen LogP contribution in [0.25, 0.3) is 0 Å². The largest absolute Gasteiger partial charge is 0.469 e. The predicted octanol–water partition coefficient (Wildman–Crippen LogP) is 1.61. The van der Waals surface area contributed by atoms with E-state index in [4.69, 9.17) is 9.47 Å². The summed E-state index contributed by atoms with van der Waals surface area (Å²) in [6.45, 7) is 2.23. The van der Waals surface area contributed by atoms with Crippen molar-refractivity contribution >= 4 is 5.97 Å². The summed E-state index contributed by atoms with van der Waals surface area (Å²) in [5.74, 6) is 0.923. The van der Waals surface area contributed by atoms with Gasteiger partial charge in [-0.1, -0.05) is 6.92 Å². The van der Waals surface area contributed by atoms with Crippen molar-refractivity contribution in [3.8, 4) is 0 Å². The van der Waals surface area contributed by atoms with Crippen LogP contribution < -0.4 is 0 Å². The second-order valence-corrected chi connectivity index (χ2v) is 6.59. The number of hydrogen-bond acceptors (Lipinski definition) is 4. The van der Waals surface area contributed by atoms with Gasteiger partial charge >= 0.3 is 5.97 Å². The predicted molar refractivity (Wildman–Crippen MR) is 69.4 cm³/mol. The average molecular weight is 268 g/mol. The number of esters is 1. The first kappa shape index (κ1) is 13.4. The minimum Gasteiger partial charge on any atom is -0.469 e. The average Bonchev–Trinajstić information content (AvgIpc) is 2.65. The van der Waals surface area contributed by atoms with E-state index in [9.17, 15) is 9.90 Å². The minimum absolute atomic E-state index is 0.0254. The van der Waals surface area contributed by atoms with Crippen LogP contribution in [-0.4, -0.2) is 37.5 Å². The molecule has 0 saturated heterocycles. The molecule has 3 fully saturated rings. The van der Waals surface area contributed by atoms with Gasteiger partial charge in [0.2, 0.25) is 0 Å². The molecular formula is C15H24O4. The van der Waals surface area contributed by atoms with Gasteiger partial charge < -0.3 is 14.6 Å². The van der Waals surface area contributed by atoms with E-state index in [1.165, 1.54) is 7.11 Å². The molecule has 108 valence electrons. The molecular weight excluding hydrogens is 244 g/mol. The lowest BCUT2D eigenvalue weighted by molar-refractivity contribution is -0.241. The fraction of sp³-hybridized carbons (Fsp3) is 0.933. The van der Waals surface area contributed by atoms with Crippen molar-refractivity contribution in [3.63, 3.8) is 0 Å². The Labute approximate surface area is 114 Å². The second kappa shape index (κ2) is 4.45. The summed E-state index contributed by atoms with van der Waals surface area (Å²) < 4.78 is 10.4. The number of ether oxygens (including phenoxy) is 2. The molecule has 3 aliphatic rings. The summed E-state index contributed by atoms with van der Waals surface area (Å²) in [6, 6.07) is 0. The van der Waals surface area contributed by atoms with Gasteiger partial charge in [0, 0.05) is 18.9 Å². The van der Waals surface area contributed by atoms with Crippen LogP contribution >= 0.6 is 0 Å². The molecule has 0 radical (unpaired) electrons. The molecule has 19 heavy (non-hydrogen) atoms. The first-order valence-corrected chi connectivity index (χ1v) is 7.36. The number of hydrogen-bond donors (Lipinski definition) is 1. The molecule has 3 saturated carbocycles. The van der Waals surface area contributed by atoms with Crippen LogP contribution in [0.3, 0.4) is 0 Å². The highest BCUT2D eigenvalue weighted by Gasteiger charge is 2.72. The summed E-state index contributed by atoms with van der Waals surface area (Å²) >= 11 is 0. The maximum absolute atomic E-state index is 12.1. The maximum Gasteiger partial charge on any atom is 0.309 e. The zero-order chi connectivity index (χ0) is 13.8. The van der Waals surface area contributed by atoms with Gasteiger partial charge in [-0.25, -0.2) is 0 Å². The Balaban J connectivity index is 1.93. The molecule has 0 unspecified atom stereocenters. The van der Waals surface area contributed by atoms with Crippen molar-refractivity contribution in [2.24, 2.45) is 29.1 Å². The Kier molecular flexibility index (Phi) is 3.13. The SMILES string of the molecule is COC(=O)[C@H]1[C@@H]2CC[C@H](C)[C@@]23[C@@H](O)C[C@@H](OC)C[C@@H]13. The van der Waals surface area contributed by atoms with Crippen molar-refractivity contribution in [3.05, 3.63) is 0 Å². The van der Waals surface area contributed by atoms with E-state index in [-0.39, 0.29) is 35.4 Å². The summed E-state index contributed by atoms with van der Waals surface area (Å²) in [5, 5.41) is 10.7. The number of carbonyl (C=O) groups excluding carboxylic acids is 1. The Morgan fingerprint density at radius 2 is 1.95 bits per heavy atom. The number of methoxy groups -OCH3 is 2. The fourth-order valence-corrected chi connectivity index (χ4v) is 5.56. The standard InChI is InChI=1S/C15H24O4/c1-8-4-5-10-13(14(17)19-3)11-6-9(18-2)7-12(16)15(8,10)11/h8-13,16H,4-7H2,1-3H3/t8-,9-,10-,11-,12-,13-,15+/m0/s1. The van der Waals surface area contributed by atoms with Crippen LogP contribution in [0.15, 0.2) is 0 Å². The van der Waals surface area contributed by atoms with Gasteiger partial charge in [0.15, 0.2) is 0 Å². The highest BCUT2D eigenvalue weighted by molar-refractivity contribution is 5.75. The minimum atomic E-state index is -0.334. The zero-order valence-electron chi connectivity index (χ0n) is 12.0. The van der Waals surface area contributed by atoms with E-state index >= 15 is 0 Å². The Morgan fingerprint density at radius 3 is 2.58 bits per heavy atom. The highest BCUT2D eigenvalue weighted by atomic mass is 16.5. The molecule has 7 atom stereocenters. The molecule has 0 aromatic rings. The van der Waals surface area contributed by atoms with Crippen molar-refractivity contribution in [1.82, 2.24) is 0 Å². The van der Waals surface area contributed by atoms with Crippen LogP contribution in [0.4, 0.5) is 0 Å². The summed E-state index contributed by atoms with van der Waals surface area (Å²) in [5.41, 5.74) is -0.0477. The molecule has 4 nitrogen and oxygen atoms in total. The molecule has 4 heteroatoms. The molecule has 3 aliphatic carbocycles. The van der Waals surface area contributed by atoms with Gasteiger partial charge in [-0.2, -0.15) is 0 Å². The maximum atomic E-state index is 12.1. The Bertz CT molecular complexity index is 382. The van der Waals surface area contributed by atoms with Gasteiger partial charge in [-0.3, -0.25) is 4.79 Å². The van der Waals surface area contributed by atoms with Crippen molar-refractivity contribution in [1.29, 1.82) is 0 Å². The van der Waals surface area contributed by atoms with E-state index in [1.807, 2.05) is 0 Å². The van der Waals surface area contributed by atoms with Crippen molar-refractivity contribution < 1.29 is 19.4 Å². The van der Waals surface area contributed by atoms with Crippen LogP contribution in [-0.2, 0) is 14.3 Å². The summed E-state index contributed by atoms with van der Waals surface area (Å²) in [6.07, 6.45) is 3.50. The van der Waals surface area contributed by atoms with E-state index in [1.54, 1.807) is 7.11 Å². The van der Waals surface area contributed by atoms with Crippen molar-refractivity contribution in [2.75, 3.05) is 14.2 Å². The number of aliphatic hydroxyl groups excluding tert-OH is 1. The monoisotopic (exact) mass is 268 g/mol. The van der Waals surface area contributed by atoms with E-state index in [0.29, 0.717) is 18.3 Å². The van der Waals surface area contributed by atoms with Gasteiger partial charge in [0.05, 0.1) is 25.2 Å². The van der Waals surface area contributed by atoms with Crippen LogP contribution in [0.2, 0.25) is 0 Å². The van der Waals surface area contributed by atoms with E-state index in [0.717, 1.165) is 19.3 Å². The summed E-state index contributed by atoms with van der Waals surface area (Å²) in [4.78, 5) is 12.1. The van der Waals surface area contributed by atoms with Gasteiger partial charge in [0.25, 0.3) is 0 Å². The third-order valence-corrected chi connectivity index (χ3v) is 6.30. The second-order valence-electron chi connectivity index (χ2n) is 6.59. The molecule has 1 spiro atoms. The lowest BCUT2D eigenvalue weighted by Crippen LogP contribution is -2.68. The fourth-order valence-electron chi connectivity index (χ4n) is 5.56. The number of carbonyl (C=O) groups is 1. The van der Waals surface area contributed by atoms with Gasteiger partial charge in [-0.15, -0.1) is 0 Å². The Morgan fingerprint density at radius 1 is 1.21 bits per heavy atom. The van der Waals surface area contributed by atoms with Crippen LogP contribution in [0.5, 0.6) is 0 Å². The molecule has 0 aromatic carbocycles. The van der Waals surface area contributed by atoms with Gasteiger partial charge in [-0.05, 0) is 37.0 Å². The molecule has 0 aromatic heterocycles. The number of rotatable bonds is 2. The third-order valence-electron chi connectivity index (χ3n) is 6.30.